The Balaban J connectivity index is 1.51. The van der Waals surface area contributed by atoms with E-state index in [0.717, 1.165) is 24.2 Å². The van der Waals surface area contributed by atoms with Gasteiger partial charge in [0.1, 0.15) is 12.9 Å². The van der Waals surface area contributed by atoms with Crippen molar-refractivity contribution < 1.29 is 9.47 Å². The maximum absolute atomic E-state index is 6.09. The first-order valence-electron chi connectivity index (χ1n) is 10.6. The van der Waals surface area contributed by atoms with Crippen molar-refractivity contribution in [2.45, 2.75) is 13.5 Å². The van der Waals surface area contributed by atoms with E-state index in [1.807, 2.05) is 42.5 Å². The second-order valence-corrected chi connectivity index (χ2v) is 7.62. The molecule has 0 amide bonds. The SMILES string of the molecule is Cc1cccc(C=Nn2cnc3c(OCc4ccccc4)nc(N4CCOCC4)nc32)c1. The highest BCUT2D eigenvalue weighted by molar-refractivity contribution is 5.82. The number of nitrogens with zero attached hydrogens (tertiary/aromatic N) is 6. The summed E-state index contributed by atoms with van der Waals surface area (Å²) < 4.78 is 13.2. The molecule has 1 saturated heterocycles. The van der Waals surface area contributed by atoms with Gasteiger partial charge in [0, 0.05) is 13.1 Å². The lowest BCUT2D eigenvalue weighted by Gasteiger charge is -2.26. The smallest absolute Gasteiger partial charge is 0.247 e. The summed E-state index contributed by atoms with van der Waals surface area (Å²) in [7, 11) is 0. The van der Waals surface area contributed by atoms with Gasteiger partial charge in [-0.2, -0.15) is 15.1 Å². The van der Waals surface area contributed by atoms with E-state index in [9.17, 15) is 0 Å². The minimum Gasteiger partial charge on any atom is -0.471 e. The van der Waals surface area contributed by atoms with E-state index in [1.54, 1.807) is 17.2 Å². The molecule has 2 aromatic heterocycles. The second-order valence-electron chi connectivity index (χ2n) is 7.62. The Hall–Kier alpha value is -3.78. The maximum Gasteiger partial charge on any atom is 0.247 e. The molecule has 4 aromatic rings. The molecule has 162 valence electrons. The van der Waals surface area contributed by atoms with Crippen LogP contribution in [0.25, 0.3) is 11.2 Å². The Morgan fingerprint density at radius 1 is 1.06 bits per heavy atom. The predicted molar refractivity (Wildman–Crippen MR) is 123 cm³/mol. The number of rotatable bonds is 6. The van der Waals surface area contributed by atoms with Gasteiger partial charge >= 0.3 is 0 Å². The molecule has 1 aliphatic rings. The average molecular weight is 428 g/mol. The highest BCUT2D eigenvalue weighted by Crippen LogP contribution is 2.25. The molecule has 0 radical (unpaired) electrons. The first-order valence-corrected chi connectivity index (χ1v) is 10.6. The van der Waals surface area contributed by atoms with E-state index >= 15 is 0 Å². The van der Waals surface area contributed by atoms with Gasteiger partial charge in [0.25, 0.3) is 0 Å². The molecule has 32 heavy (non-hydrogen) atoms. The van der Waals surface area contributed by atoms with Crippen molar-refractivity contribution in [1.82, 2.24) is 19.6 Å². The normalized spacial score (nSPS) is 14.3. The quantitative estimate of drug-likeness (QED) is 0.438. The van der Waals surface area contributed by atoms with Crippen LogP contribution in [0.2, 0.25) is 0 Å². The topological polar surface area (TPSA) is 77.7 Å². The zero-order chi connectivity index (χ0) is 21.8. The first-order chi connectivity index (χ1) is 15.8. The number of hydrogen-bond acceptors (Lipinski definition) is 7. The lowest BCUT2D eigenvalue weighted by molar-refractivity contribution is 0.122. The number of aromatic nitrogens is 4. The molecule has 5 rings (SSSR count). The molecule has 8 heteroatoms. The van der Waals surface area contributed by atoms with Crippen molar-refractivity contribution in [2.24, 2.45) is 5.10 Å². The minimum absolute atomic E-state index is 0.398. The molecular weight excluding hydrogens is 404 g/mol. The minimum atomic E-state index is 0.398. The van der Waals surface area contributed by atoms with Crippen molar-refractivity contribution in [2.75, 3.05) is 31.2 Å². The second kappa shape index (κ2) is 9.15. The summed E-state index contributed by atoms with van der Waals surface area (Å²) in [4.78, 5) is 16.1. The van der Waals surface area contributed by atoms with Crippen molar-refractivity contribution in [3.63, 3.8) is 0 Å². The van der Waals surface area contributed by atoms with Gasteiger partial charge in [-0.1, -0.05) is 60.2 Å². The lowest BCUT2D eigenvalue weighted by atomic mass is 10.2. The molecule has 1 aliphatic heterocycles. The Morgan fingerprint density at radius 2 is 1.91 bits per heavy atom. The Labute approximate surface area is 186 Å². The fraction of sp³-hybridized carbons (Fsp3) is 0.250. The first kappa shape index (κ1) is 20.1. The van der Waals surface area contributed by atoms with Crippen molar-refractivity contribution in [3.8, 4) is 5.88 Å². The fourth-order valence-electron chi connectivity index (χ4n) is 3.55. The van der Waals surface area contributed by atoms with Crippen molar-refractivity contribution >= 4 is 23.3 Å². The van der Waals surface area contributed by atoms with Gasteiger partial charge in [-0.3, -0.25) is 0 Å². The summed E-state index contributed by atoms with van der Waals surface area (Å²) in [6.45, 7) is 5.20. The van der Waals surface area contributed by atoms with Crippen LogP contribution >= 0.6 is 0 Å². The van der Waals surface area contributed by atoms with Crippen LogP contribution in [0.3, 0.4) is 0 Å². The highest BCUT2D eigenvalue weighted by Gasteiger charge is 2.20. The number of imidazole rings is 1. The van der Waals surface area contributed by atoms with Gasteiger partial charge < -0.3 is 14.4 Å². The van der Waals surface area contributed by atoms with Crippen LogP contribution in [0.4, 0.5) is 5.95 Å². The standard InChI is InChI=1S/C24H24N6O2/c1-18-6-5-9-20(14-18)15-26-30-17-25-21-22(30)27-24(29-10-12-31-13-11-29)28-23(21)32-16-19-7-3-2-4-8-19/h2-9,14-15,17H,10-13,16H2,1H3. The number of benzene rings is 2. The van der Waals surface area contributed by atoms with Crippen molar-refractivity contribution in [3.05, 3.63) is 77.6 Å². The molecule has 0 saturated carbocycles. The van der Waals surface area contributed by atoms with Crippen LogP contribution in [-0.4, -0.2) is 52.1 Å². The number of anilines is 1. The molecule has 3 heterocycles. The Bertz CT molecular complexity index is 1230. The zero-order valence-corrected chi connectivity index (χ0v) is 17.9. The van der Waals surface area contributed by atoms with Crippen LogP contribution in [0.1, 0.15) is 16.7 Å². The number of fused-ring (bicyclic) bond motifs is 1. The van der Waals surface area contributed by atoms with Gasteiger partial charge in [0.05, 0.1) is 19.4 Å². The largest absolute Gasteiger partial charge is 0.471 e. The molecule has 0 unspecified atom stereocenters. The summed E-state index contributed by atoms with van der Waals surface area (Å²) in [6.07, 6.45) is 3.44. The molecular formula is C24H24N6O2. The predicted octanol–water partition coefficient (Wildman–Crippen LogP) is 3.43. The number of hydrogen-bond donors (Lipinski definition) is 0. The van der Waals surface area contributed by atoms with E-state index in [4.69, 9.17) is 19.4 Å². The Kier molecular flexibility index (Phi) is 5.76. The van der Waals surface area contributed by atoms with Gasteiger partial charge in [0.15, 0.2) is 11.2 Å². The molecule has 0 spiro atoms. The van der Waals surface area contributed by atoms with E-state index < -0.39 is 0 Å². The third-order valence-corrected chi connectivity index (χ3v) is 5.22. The third kappa shape index (κ3) is 4.45. The summed E-state index contributed by atoms with van der Waals surface area (Å²) >= 11 is 0. The molecule has 0 aliphatic carbocycles. The Morgan fingerprint density at radius 3 is 2.72 bits per heavy atom. The van der Waals surface area contributed by atoms with Crippen LogP contribution in [0, 0.1) is 6.92 Å². The summed E-state index contributed by atoms with van der Waals surface area (Å²) in [5, 5.41) is 4.59. The highest BCUT2D eigenvalue weighted by atomic mass is 16.5. The van der Waals surface area contributed by atoms with E-state index in [2.05, 4.69) is 34.0 Å². The van der Waals surface area contributed by atoms with E-state index in [1.165, 1.54) is 5.56 Å². The van der Waals surface area contributed by atoms with Gasteiger partial charge in [0.2, 0.25) is 11.8 Å². The van der Waals surface area contributed by atoms with Gasteiger partial charge in [-0.05, 0) is 18.1 Å². The lowest BCUT2D eigenvalue weighted by Crippen LogP contribution is -2.37. The van der Waals surface area contributed by atoms with Crippen LogP contribution < -0.4 is 9.64 Å². The van der Waals surface area contributed by atoms with Gasteiger partial charge in [-0.25, -0.2) is 9.66 Å². The van der Waals surface area contributed by atoms with Crippen molar-refractivity contribution in [1.29, 1.82) is 0 Å². The summed E-state index contributed by atoms with van der Waals surface area (Å²) in [5.74, 6) is 1.04. The van der Waals surface area contributed by atoms with Crippen LogP contribution in [0.15, 0.2) is 66.0 Å². The number of aryl methyl sites for hydroxylation is 1. The maximum atomic E-state index is 6.09. The van der Waals surface area contributed by atoms with Crippen LogP contribution in [0.5, 0.6) is 5.88 Å². The molecule has 1 fully saturated rings. The number of morpholine rings is 1. The monoisotopic (exact) mass is 428 g/mol. The third-order valence-electron chi connectivity index (χ3n) is 5.22. The molecule has 0 atom stereocenters. The van der Waals surface area contributed by atoms with E-state index in [0.29, 0.717) is 42.8 Å². The molecule has 0 bridgehead atoms. The van der Waals surface area contributed by atoms with Gasteiger partial charge in [-0.15, -0.1) is 0 Å². The zero-order valence-electron chi connectivity index (χ0n) is 17.9. The number of ether oxygens (including phenoxy) is 2. The fourth-order valence-corrected chi connectivity index (χ4v) is 3.55. The average Bonchev–Trinajstić information content (AvgIpc) is 3.25. The molecule has 2 aromatic carbocycles. The summed E-state index contributed by atoms with van der Waals surface area (Å²) in [6, 6.07) is 18.2. The van der Waals surface area contributed by atoms with Crippen LogP contribution in [-0.2, 0) is 11.3 Å². The summed E-state index contributed by atoms with van der Waals surface area (Å²) in [5.41, 5.74) is 4.43. The molecule has 8 nitrogen and oxygen atoms in total. The molecule has 0 N–H and O–H groups in total. The van der Waals surface area contributed by atoms with E-state index in [-0.39, 0.29) is 0 Å².